The third-order valence-electron chi connectivity index (χ3n) is 7.92. The van der Waals surface area contributed by atoms with Crippen LogP contribution in [0, 0.1) is 13.8 Å². The highest BCUT2D eigenvalue weighted by Gasteiger charge is 2.34. The third-order valence-corrected chi connectivity index (χ3v) is 10.2. The molecule has 1 fully saturated rings. The molecule has 1 atom stereocenters. The van der Waals surface area contributed by atoms with Gasteiger partial charge in [-0.2, -0.15) is 0 Å². The van der Waals surface area contributed by atoms with Crippen molar-refractivity contribution in [1.82, 2.24) is 10.2 Å². The minimum Gasteiger partial charge on any atom is -0.352 e. The SMILES string of the molecule is CC[C@@H](C(=O)NC1CCCCC1)N(Cc1ccccc1C)C(=O)CN(c1cccc(Br)c1)S(=O)(=O)c1ccc(C)cc1. The van der Waals surface area contributed by atoms with Crippen molar-refractivity contribution >= 4 is 43.5 Å². The molecule has 0 bridgehead atoms. The van der Waals surface area contributed by atoms with Crippen LogP contribution in [0.25, 0.3) is 0 Å². The second kappa shape index (κ2) is 14.3. The second-order valence-electron chi connectivity index (χ2n) is 11.0. The number of rotatable bonds is 11. The molecule has 3 aromatic carbocycles. The van der Waals surface area contributed by atoms with Crippen LogP contribution in [0.5, 0.6) is 0 Å². The van der Waals surface area contributed by atoms with Crippen molar-refractivity contribution in [1.29, 1.82) is 0 Å². The number of hydrogen-bond donors (Lipinski definition) is 1. The highest BCUT2D eigenvalue weighted by Crippen LogP contribution is 2.28. The molecule has 0 unspecified atom stereocenters. The highest BCUT2D eigenvalue weighted by molar-refractivity contribution is 9.10. The number of amides is 2. The first kappa shape index (κ1) is 31.8. The average molecular weight is 655 g/mol. The molecule has 224 valence electrons. The summed E-state index contributed by atoms with van der Waals surface area (Å²) < 4.78 is 29.9. The first-order valence-corrected chi connectivity index (χ1v) is 16.8. The molecule has 0 aromatic heterocycles. The van der Waals surface area contributed by atoms with Crippen LogP contribution in [0.3, 0.4) is 0 Å². The number of nitrogens with zero attached hydrogens (tertiary/aromatic N) is 2. The van der Waals surface area contributed by atoms with Gasteiger partial charge in [0, 0.05) is 17.1 Å². The smallest absolute Gasteiger partial charge is 0.264 e. The van der Waals surface area contributed by atoms with Crippen LogP contribution in [0.15, 0.2) is 82.2 Å². The van der Waals surface area contributed by atoms with Crippen molar-refractivity contribution < 1.29 is 18.0 Å². The lowest BCUT2D eigenvalue weighted by molar-refractivity contribution is -0.140. The third kappa shape index (κ3) is 7.81. The number of benzene rings is 3. The molecule has 0 aliphatic heterocycles. The number of carbonyl (C=O) groups excluding carboxylic acids is 2. The molecule has 1 aliphatic rings. The Hall–Kier alpha value is -3.17. The molecule has 42 heavy (non-hydrogen) atoms. The molecular formula is C33H40BrN3O4S. The van der Waals surface area contributed by atoms with E-state index in [9.17, 15) is 18.0 Å². The van der Waals surface area contributed by atoms with Crippen LogP contribution in [-0.4, -0.2) is 43.8 Å². The fraction of sp³-hybridized carbons (Fsp3) is 0.394. The summed E-state index contributed by atoms with van der Waals surface area (Å²) in [6.07, 6.45) is 5.58. The van der Waals surface area contributed by atoms with Crippen molar-refractivity contribution in [2.24, 2.45) is 0 Å². The predicted octanol–water partition coefficient (Wildman–Crippen LogP) is 6.52. The van der Waals surface area contributed by atoms with Gasteiger partial charge >= 0.3 is 0 Å². The van der Waals surface area contributed by atoms with Gasteiger partial charge in [-0.1, -0.05) is 90.1 Å². The van der Waals surface area contributed by atoms with Crippen molar-refractivity contribution in [2.45, 2.75) is 82.8 Å². The van der Waals surface area contributed by atoms with Crippen molar-refractivity contribution in [2.75, 3.05) is 10.8 Å². The quantitative estimate of drug-likeness (QED) is 0.255. The van der Waals surface area contributed by atoms with E-state index >= 15 is 0 Å². The van der Waals surface area contributed by atoms with Crippen molar-refractivity contribution in [3.05, 3.63) is 94.0 Å². The van der Waals surface area contributed by atoms with E-state index in [0.29, 0.717) is 16.6 Å². The van der Waals surface area contributed by atoms with Gasteiger partial charge in [-0.15, -0.1) is 0 Å². The maximum Gasteiger partial charge on any atom is 0.264 e. The molecule has 2 amide bonds. The maximum absolute atomic E-state index is 14.3. The van der Waals surface area contributed by atoms with E-state index in [4.69, 9.17) is 0 Å². The average Bonchev–Trinajstić information content (AvgIpc) is 2.97. The molecule has 9 heteroatoms. The first-order valence-electron chi connectivity index (χ1n) is 14.6. The molecule has 0 saturated heterocycles. The largest absolute Gasteiger partial charge is 0.352 e. The number of carbonyl (C=O) groups is 2. The Labute approximate surface area is 258 Å². The molecule has 4 rings (SSSR count). The van der Waals surface area contributed by atoms with Crippen molar-refractivity contribution in [3.8, 4) is 0 Å². The normalized spacial score (nSPS) is 14.7. The standard InChI is InChI=1S/C33H40BrN3O4S/c1-4-31(33(39)35-28-14-6-5-7-15-28)36(22-26-12-9-8-11-25(26)3)32(38)23-37(29-16-10-13-27(34)21-29)42(40,41)30-19-17-24(2)18-20-30/h8-13,16-21,28,31H,4-7,14-15,22-23H2,1-3H3,(H,35,39)/t31-/m0/s1. The lowest BCUT2D eigenvalue weighted by Crippen LogP contribution is -2.54. The number of hydrogen-bond acceptors (Lipinski definition) is 4. The summed E-state index contributed by atoms with van der Waals surface area (Å²) in [5, 5.41) is 3.19. The molecule has 1 saturated carbocycles. The summed E-state index contributed by atoms with van der Waals surface area (Å²) in [5.74, 6) is -0.638. The molecule has 7 nitrogen and oxygen atoms in total. The molecule has 0 heterocycles. The summed E-state index contributed by atoms with van der Waals surface area (Å²) in [7, 11) is -4.11. The van der Waals surface area contributed by atoms with Gasteiger partial charge in [-0.25, -0.2) is 8.42 Å². The minimum absolute atomic E-state index is 0.0911. The van der Waals surface area contributed by atoms with Crippen LogP contribution in [0.2, 0.25) is 0 Å². The van der Waals surface area contributed by atoms with Gasteiger partial charge in [0.1, 0.15) is 12.6 Å². The fourth-order valence-electron chi connectivity index (χ4n) is 5.43. The van der Waals surface area contributed by atoms with E-state index in [-0.39, 0.29) is 23.4 Å². The van der Waals surface area contributed by atoms with E-state index in [1.54, 1.807) is 53.4 Å². The molecular weight excluding hydrogens is 614 g/mol. The Balaban J connectivity index is 1.71. The summed E-state index contributed by atoms with van der Waals surface area (Å²) in [6, 6.07) is 20.6. The van der Waals surface area contributed by atoms with Crippen LogP contribution in [-0.2, 0) is 26.2 Å². The van der Waals surface area contributed by atoms with Gasteiger partial charge in [0.15, 0.2) is 0 Å². The van der Waals surface area contributed by atoms with Crippen LogP contribution >= 0.6 is 15.9 Å². The molecule has 1 N–H and O–H groups in total. The molecule has 0 spiro atoms. The Morgan fingerprint density at radius 1 is 0.952 bits per heavy atom. The minimum atomic E-state index is -4.11. The summed E-state index contributed by atoms with van der Waals surface area (Å²) >= 11 is 3.44. The summed E-state index contributed by atoms with van der Waals surface area (Å²) in [6.45, 7) is 5.48. The Bertz CT molecular complexity index is 1490. The second-order valence-corrected chi connectivity index (χ2v) is 13.8. The van der Waals surface area contributed by atoms with E-state index in [1.807, 2.05) is 45.0 Å². The highest BCUT2D eigenvalue weighted by atomic mass is 79.9. The zero-order chi connectivity index (χ0) is 30.3. The molecule has 1 aliphatic carbocycles. The summed E-state index contributed by atoms with van der Waals surface area (Å²) in [4.78, 5) is 29.6. The predicted molar refractivity (Wildman–Crippen MR) is 171 cm³/mol. The van der Waals surface area contributed by atoms with Crippen LogP contribution < -0.4 is 9.62 Å². The van der Waals surface area contributed by atoms with Gasteiger partial charge in [0.25, 0.3) is 10.0 Å². The van der Waals surface area contributed by atoms with Gasteiger partial charge in [-0.05, 0) is 74.6 Å². The van der Waals surface area contributed by atoms with Crippen LogP contribution in [0.1, 0.15) is 62.1 Å². The van der Waals surface area contributed by atoms with Gasteiger partial charge in [-0.3, -0.25) is 13.9 Å². The van der Waals surface area contributed by atoms with E-state index < -0.39 is 28.5 Å². The zero-order valence-corrected chi connectivity index (χ0v) is 27.0. The first-order chi connectivity index (χ1) is 20.1. The Morgan fingerprint density at radius 2 is 1.64 bits per heavy atom. The Kier molecular flexibility index (Phi) is 10.8. The number of aryl methyl sites for hydroxylation is 2. The maximum atomic E-state index is 14.3. The topological polar surface area (TPSA) is 86.8 Å². The van der Waals surface area contributed by atoms with Crippen LogP contribution in [0.4, 0.5) is 5.69 Å². The monoisotopic (exact) mass is 653 g/mol. The number of halogens is 1. The Morgan fingerprint density at radius 3 is 2.29 bits per heavy atom. The lowest BCUT2D eigenvalue weighted by atomic mass is 9.95. The fourth-order valence-corrected chi connectivity index (χ4v) is 7.23. The summed E-state index contributed by atoms with van der Waals surface area (Å²) in [5.41, 5.74) is 3.19. The molecule has 3 aromatic rings. The van der Waals surface area contributed by atoms with Gasteiger partial charge in [0.2, 0.25) is 11.8 Å². The molecule has 0 radical (unpaired) electrons. The lowest BCUT2D eigenvalue weighted by Gasteiger charge is -2.34. The van der Waals surface area contributed by atoms with E-state index in [1.165, 1.54) is 6.42 Å². The van der Waals surface area contributed by atoms with E-state index in [2.05, 4.69) is 21.2 Å². The number of nitrogens with one attached hydrogen (secondary N) is 1. The van der Waals surface area contributed by atoms with Gasteiger partial charge < -0.3 is 10.2 Å². The van der Waals surface area contributed by atoms with E-state index in [0.717, 1.165) is 46.7 Å². The number of sulfonamides is 1. The number of anilines is 1. The van der Waals surface area contributed by atoms with Gasteiger partial charge in [0.05, 0.1) is 10.6 Å². The zero-order valence-electron chi connectivity index (χ0n) is 24.6. The van der Waals surface area contributed by atoms with Crippen molar-refractivity contribution in [3.63, 3.8) is 0 Å².